The van der Waals surface area contributed by atoms with E-state index >= 15 is 0 Å². The zero-order valence-electron chi connectivity index (χ0n) is 24.0. The average Bonchev–Trinajstić information content (AvgIpc) is 2.97. The second-order valence-electron chi connectivity index (χ2n) is 11.3. The predicted molar refractivity (Wildman–Crippen MR) is 154 cm³/mol. The maximum Gasteiger partial charge on any atom is 0.175 e. The molecule has 1 fully saturated rings. The second kappa shape index (κ2) is 12.1. The fourth-order valence-corrected chi connectivity index (χ4v) is 5.88. The van der Waals surface area contributed by atoms with Crippen LogP contribution in [0.2, 0.25) is 0 Å². The minimum absolute atomic E-state index is 0.0371. The molecule has 1 aliphatic rings. The molecule has 0 N–H and O–H groups in total. The molecule has 0 spiro atoms. The van der Waals surface area contributed by atoms with Gasteiger partial charge in [0, 0.05) is 17.9 Å². The molecule has 38 heavy (non-hydrogen) atoms. The van der Waals surface area contributed by atoms with Gasteiger partial charge in [-0.2, -0.15) is 5.06 Å². The van der Waals surface area contributed by atoms with Crippen LogP contribution in [0.4, 0.5) is 0 Å². The largest absolute Gasteiger partial charge is 0.345 e. The zero-order valence-corrected chi connectivity index (χ0v) is 24.0. The Morgan fingerprint density at radius 3 is 1.68 bits per heavy atom. The van der Waals surface area contributed by atoms with E-state index in [0.29, 0.717) is 19.6 Å². The van der Waals surface area contributed by atoms with Crippen molar-refractivity contribution in [1.82, 2.24) is 5.06 Å². The monoisotopic (exact) mass is 515 g/mol. The molecule has 4 atom stereocenters. The topological polar surface area (TPSA) is 30.9 Å². The van der Waals surface area contributed by atoms with Crippen LogP contribution < -0.4 is 0 Å². The van der Waals surface area contributed by atoms with Crippen LogP contribution in [-0.2, 0) is 27.5 Å². The van der Waals surface area contributed by atoms with E-state index in [4.69, 9.17) is 14.3 Å². The van der Waals surface area contributed by atoms with Crippen molar-refractivity contribution in [1.29, 1.82) is 0 Å². The summed E-state index contributed by atoms with van der Waals surface area (Å²) in [6.07, 6.45) is 2.44. The number of hydrogen-bond acceptors (Lipinski definition) is 4. The van der Waals surface area contributed by atoms with Gasteiger partial charge in [0.05, 0.1) is 18.8 Å². The second-order valence-corrected chi connectivity index (χ2v) is 11.3. The van der Waals surface area contributed by atoms with Gasteiger partial charge in [-0.05, 0) is 50.3 Å². The van der Waals surface area contributed by atoms with Gasteiger partial charge in [-0.25, -0.2) is 0 Å². The predicted octanol–water partition coefficient (Wildman–Crippen LogP) is 8.49. The first-order valence-corrected chi connectivity index (χ1v) is 14.1. The molecule has 1 saturated heterocycles. The fraction of sp³-hybridized carbons (Fsp3) is 0.471. The fourth-order valence-electron chi connectivity index (χ4n) is 5.88. The molecule has 0 radical (unpaired) electrons. The number of piperidine rings is 1. The van der Waals surface area contributed by atoms with E-state index in [2.05, 4.69) is 119 Å². The molecule has 0 aliphatic carbocycles. The van der Waals surface area contributed by atoms with Crippen molar-refractivity contribution in [3.63, 3.8) is 0 Å². The number of ether oxygens (including phenoxy) is 2. The maximum absolute atomic E-state index is 6.92. The first kappa shape index (κ1) is 28.5. The van der Waals surface area contributed by atoms with Gasteiger partial charge >= 0.3 is 0 Å². The number of hydrogen-bond donors (Lipinski definition) is 0. The summed E-state index contributed by atoms with van der Waals surface area (Å²) in [5.41, 5.74) is 2.85. The third-order valence-electron chi connectivity index (χ3n) is 8.84. The van der Waals surface area contributed by atoms with Crippen LogP contribution in [0.1, 0.15) is 83.6 Å². The summed E-state index contributed by atoms with van der Waals surface area (Å²) in [6.45, 7) is 14.5. The first-order valence-electron chi connectivity index (χ1n) is 14.1. The van der Waals surface area contributed by atoms with Crippen molar-refractivity contribution in [2.75, 3.05) is 0 Å². The highest BCUT2D eigenvalue weighted by Gasteiger charge is 2.62. The molecule has 0 saturated carbocycles. The number of rotatable bonds is 11. The van der Waals surface area contributed by atoms with Gasteiger partial charge in [0.2, 0.25) is 0 Å². The molecule has 0 aromatic heterocycles. The lowest BCUT2D eigenvalue weighted by Gasteiger charge is -2.63. The van der Waals surface area contributed by atoms with Crippen LogP contribution >= 0.6 is 0 Å². The minimum atomic E-state index is -0.781. The van der Waals surface area contributed by atoms with Gasteiger partial charge in [-0.3, -0.25) is 4.84 Å². The van der Waals surface area contributed by atoms with Gasteiger partial charge in [0.1, 0.15) is 6.10 Å². The van der Waals surface area contributed by atoms with Crippen LogP contribution in [0, 0.1) is 5.92 Å². The lowest BCUT2D eigenvalue weighted by atomic mass is 9.67. The van der Waals surface area contributed by atoms with Gasteiger partial charge < -0.3 is 9.47 Å². The lowest BCUT2D eigenvalue weighted by molar-refractivity contribution is -0.400. The van der Waals surface area contributed by atoms with Gasteiger partial charge in [0.25, 0.3) is 0 Å². The Morgan fingerprint density at radius 2 is 1.24 bits per heavy atom. The summed E-state index contributed by atoms with van der Waals surface area (Å²) in [4.78, 5) is 6.90. The minimum Gasteiger partial charge on any atom is -0.345 e. The van der Waals surface area contributed by atoms with E-state index in [-0.39, 0.29) is 23.1 Å². The van der Waals surface area contributed by atoms with E-state index in [1.54, 1.807) is 0 Å². The molecular formula is C34H45NO3. The molecule has 3 aromatic rings. The Bertz CT molecular complexity index is 1080. The van der Waals surface area contributed by atoms with Crippen molar-refractivity contribution in [3.8, 4) is 0 Å². The number of nitrogens with zero attached hydrogens (tertiary/aromatic N) is 1. The molecule has 4 rings (SSSR count). The molecule has 204 valence electrons. The van der Waals surface area contributed by atoms with Crippen molar-refractivity contribution < 1.29 is 14.3 Å². The molecule has 0 amide bonds. The molecule has 4 heteroatoms. The summed E-state index contributed by atoms with van der Waals surface area (Å²) in [6, 6.07) is 31.3. The maximum atomic E-state index is 6.92. The van der Waals surface area contributed by atoms with E-state index in [1.165, 1.54) is 5.56 Å². The SMILES string of the molecule is CCC1(C)CC(OCc2ccccc2)(OCc2ccccc2)C(C)C(C)(CC)N1OC(C)c1ccccc1. The van der Waals surface area contributed by atoms with Crippen molar-refractivity contribution in [2.45, 2.75) is 97.0 Å². The quantitative estimate of drug-likeness (QED) is 0.240. The van der Waals surface area contributed by atoms with Crippen molar-refractivity contribution in [3.05, 3.63) is 108 Å². The summed E-state index contributed by atoms with van der Waals surface area (Å²) in [5, 5.41) is 2.30. The molecule has 4 unspecified atom stereocenters. The normalized spacial score (nSPS) is 26.2. The third-order valence-corrected chi connectivity index (χ3v) is 8.84. The van der Waals surface area contributed by atoms with E-state index in [1.807, 2.05) is 18.2 Å². The molecular weight excluding hydrogens is 470 g/mol. The highest BCUT2D eigenvalue weighted by Crippen LogP contribution is 2.53. The Hall–Kier alpha value is -2.50. The molecule has 3 aromatic carbocycles. The number of benzene rings is 3. The highest BCUT2D eigenvalue weighted by atomic mass is 16.7. The zero-order chi connectivity index (χ0) is 27.2. The van der Waals surface area contributed by atoms with Crippen LogP contribution in [0.5, 0.6) is 0 Å². The smallest absolute Gasteiger partial charge is 0.175 e. The van der Waals surface area contributed by atoms with Crippen LogP contribution in [0.15, 0.2) is 91.0 Å². The van der Waals surface area contributed by atoms with Crippen LogP contribution in [-0.4, -0.2) is 21.9 Å². The lowest BCUT2D eigenvalue weighted by Crippen LogP contribution is -2.72. The van der Waals surface area contributed by atoms with Crippen molar-refractivity contribution >= 4 is 0 Å². The Morgan fingerprint density at radius 1 is 0.763 bits per heavy atom. The molecule has 4 nitrogen and oxygen atoms in total. The third kappa shape index (κ3) is 5.89. The highest BCUT2D eigenvalue weighted by molar-refractivity contribution is 5.18. The molecule has 1 aliphatic heterocycles. The standard InChI is InChI=1S/C34H45NO3/c1-7-32(5)26-34(36-24-29-18-12-9-13-19-29,37-25-30-20-14-10-15-21-30)28(4)33(6,8-2)35(32)38-27(3)31-22-16-11-17-23-31/h9-23,27-28H,7-8,24-26H2,1-6H3. The van der Waals surface area contributed by atoms with Gasteiger partial charge in [0.15, 0.2) is 5.79 Å². The van der Waals surface area contributed by atoms with Gasteiger partial charge in [-0.15, -0.1) is 0 Å². The molecule has 0 bridgehead atoms. The first-order chi connectivity index (χ1) is 18.3. The summed E-state index contributed by atoms with van der Waals surface area (Å²) >= 11 is 0. The summed E-state index contributed by atoms with van der Waals surface area (Å²) < 4.78 is 13.8. The Balaban J connectivity index is 1.70. The van der Waals surface area contributed by atoms with E-state index in [0.717, 1.165) is 24.0 Å². The average molecular weight is 516 g/mol. The van der Waals surface area contributed by atoms with E-state index < -0.39 is 5.79 Å². The van der Waals surface area contributed by atoms with Gasteiger partial charge in [-0.1, -0.05) is 112 Å². The summed E-state index contributed by atoms with van der Waals surface area (Å²) in [7, 11) is 0. The van der Waals surface area contributed by atoms with Crippen LogP contribution in [0.3, 0.4) is 0 Å². The van der Waals surface area contributed by atoms with Crippen LogP contribution in [0.25, 0.3) is 0 Å². The number of hydroxylamine groups is 2. The molecule has 1 heterocycles. The Kier molecular flexibility index (Phi) is 9.10. The van der Waals surface area contributed by atoms with E-state index in [9.17, 15) is 0 Å². The Labute approximate surface area is 229 Å². The van der Waals surface area contributed by atoms with Crippen molar-refractivity contribution in [2.24, 2.45) is 5.92 Å². The summed E-state index contributed by atoms with van der Waals surface area (Å²) in [5.74, 6) is -0.744.